The number of aliphatic hydroxyl groups excluding tert-OH is 1. The van der Waals surface area contributed by atoms with E-state index in [1.165, 1.54) is 6.07 Å². The predicted octanol–water partition coefficient (Wildman–Crippen LogP) is 2.98. The van der Waals surface area contributed by atoms with Gasteiger partial charge in [-0.3, -0.25) is 0 Å². The normalized spacial score (nSPS) is 9.43. The fourth-order valence-corrected chi connectivity index (χ4v) is 1.74. The van der Waals surface area contributed by atoms with Crippen molar-refractivity contribution in [2.45, 2.75) is 6.42 Å². The van der Waals surface area contributed by atoms with Crippen molar-refractivity contribution in [1.29, 1.82) is 0 Å². The Labute approximate surface area is 95.0 Å². The van der Waals surface area contributed by atoms with Crippen LogP contribution in [0.4, 0.5) is 4.39 Å². The van der Waals surface area contributed by atoms with Gasteiger partial charge >= 0.3 is 0 Å². The number of aliphatic hydroxyl groups is 1. The van der Waals surface area contributed by atoms with Gasteiger partial charge in [0.15, 0.2) is 0 Å². The highest BCUT2D eigenvalue weighted by molar-refractivity contribution is 9.10. The zero-order valence-electron chi connectivity index (χ0n) is 7.15. The second-order valence-electron chi connectivity index (χ2n) is 2.52. The number of rotatable bonds is 1. The van der Waals surface area contributed by atoms with Gasteiger partial charge in [-0.25, -0.2) is 4.39 Å². The topological polar surface area (TPSA) is 20.2 Å². The van der Waals surface area contributed by atoms with Crippen LogP contribution in [0.2, 0.25) is 5.02 Å². The second kappa shape index (κ2) is 5.35. The summed E-state index contributed by atoms with van der Waals surface area (Å²) < 4.78 is 13.8. The molecule has 0 aromatic heterocycles. The van der Waals surface area contributed by atoms with Crippen molar-refractivity contribution >= 4 is 27.5 Å². The first kappa shape index (κ1) is 11.5. The molecule has 1 aromatic rings. The molecule has 0 saturated carbocycles. The lowest BCUT2D eigenvalue weighted by atomic mass is 10.2. The highest BCUT2D eigenvalue weighted by Crippen LogP contribution is 2.23. The molecule has 0 atom stereocenters. The maximum absolute atomic E-state index is 13.3. The van der Waals surface area contributed by atoms with Crippen LogP contribution in [-0.2, 0) is 0 Å². The number of hydrogen-bond acceptors (Lipinski definition) is 1. The highest BCUT2D eigenvalue weighted by atomic mass is 79.9. The number of benzene rings is 1. The van der Waals surface area contributed by atoms with Crippen molar-refractivity contribution < 1.29 is 9.50 Å². The van der Waals surface area contributed by atoms with Crippen molar-refractivity contribution in [3.63, 3.8) is 0 Å². The van der Waals surface area contributed by atoms with Gasteiger partial charge in [-0.05, 0) is 28.1 Å². The van der Waals surface area contributed by atoms with E-state index in [2.05, 4.69) is 27.8 Å². The molecule has 1 aromatic carbocycles. The molecule has 0 aliphatic carbocycles. The molecule has 0 radical (unpaired) electrons. The highest BCUT2D eigenvalue weighted by Gasteiger charge is 2.05. The summed E-state index contributed by atoms with van der Waals surface area (Å²) in [6.45, 7) is -0.0279. The smallest absolute Gasteiger partial charge is 0.141 e. The van der Waals surface area contributed by atoms with Gasteiger partial charge in [0.1, 0.15) is 5.82 Å². The van der Waals surface area contributed by atoms with Crippen LogP contribution in [0.3, 0.4) is 0 Å². The van der Waals surface area contributed by atoms with Gasteiger partial charge in [-0.2, -0.15) is 0 Å². The molecule has 0 aliphatic rings. The molecule has 1 rings (SSSR count). The van der Waals surface area contributed by atoms with Crippen molar-refractivity contribution in [2.75, 3.05) is 6.61 Å². The first-order valence-electron chi connectivity index (χ1n) is 3.89. The van der Waals surface area contributed by atoms with Crippen molar-refractivity contribution in [1.82, 2.24) is 0 Å². The van der Waals surface area contributed by atoms with Crippen molar-refractivity contribution in [3.8, 4) is 11.8 Å². The van der Waals surface area contributed by atoms with E-state index < -0.39 is 5.82 Å². The quantitative estimate of drug-likeness (QED) is 0.783. The lowest BCUT2D eigenvalue weighted by molar-refractivity contribution is 0.305. The summed E-state index contributed by atoms with van der Waals surface area (Å²) in [5, 5.41) is 8.82. The van der Waals surface area contributed by atoms with E-state index in [0.29, 0.717) is 15.9 Å². The molecule has 74 valence electrons. The Morgan fingerprint density at radius 2 is 2.21 bits per heavy atom. The molecule has 0 aliphatic heterocycles. The Hall–Kier alpha value is -0.560. The Morgan fingerprint density at radius 3 is 2.79 bits per heavy atom. The molecule has 14 heavy (non-hydrogen) atoms. The van der Waals surface area contributed by atoms with E-state index in [9.17, 15) is 4.39 Å². The van der Waals surface area contributed by atoms with Crippen molar-refractivity contribution in [3.05, 3.63) is 33.0 Å². The van der Waals surface area contributed by atoms with E-state index in [1.807, 2.05) is 0 Å². The van der Waals surface area contributed by atoms with Gasteiger partial charge in [-0.1, -0.05) is 23.4 Å². The zero-order valence-corrected chi connectivity index (χ0v) is 9.49. The number of halogens is 3. The first-order chi connectivity index (χ1) is 6.65. The first-order valence-corrected chi connectivity index (χ1v) is 5.06. The SMILES string of the molecule is OCCC#Cc1c(F)cc(Cl)cc1Br. The maximum Gasteiger partial charge on any atom is 0.141 e. The molecule has 0 fully saturated rings. The minimum atomic E-state index is -0.463. The second-order valence-corrected chi connectivity index (χ2v) is 3.81. The molecule has 4 heteroatoms. The van der Waals surface area contributed by atoms with Gasteiger partial charge in [0, 0.05) is 15.9 Å². The van der Waals surface area contributed by atoms with Crippen molar-refractivity contribution in [2.24, 2.45) is 0 Å². The molecule has 1 N–H and O–H groups in total. The van der Waals surface area contributed by atoms with Crippen LogP contribution in [0.5, 0.6) is 0 Å². The summed E-state index contributed by atoms with van der Waals surface area (Å²) in [7, 11) is 0. The fraction of sp³-hybridized carbons (Fsp3) is 0.200. The standard InChI is InChI=1S/C10H7BrClFO/c11-9-5-7(12)6-10(13)8(9)3-1-2-4-14/h5-6,14H,2,4H2. The molecule has 0 bridgehead atoms. The van der Waals surface area contributed by atoms with Crippen LogP contribution in [0.25, 0.3) is 0 Å². The lowest BCUT2D eigenvalue weighted by Gasteiger charge is -1.99. The Balaban J connectivity index is 3.04. The Bertz CT molecular complexity index is 372. The monoisotopic (exact) mass is 276 g/mol. The van der Waals surface area contributed by atoms with E-state index in [4.69, 9.17) is 16.7 Å². The van der Waals surface area contributed by atoms with Crippen LogP contribution >= 0.6 is 27.5 Å². The third-order valence-electron chi connectivity index (χ3n) is 1.46. The van der Waals surface area contributed by atoms with E-state index in [1.54, 1.807) is 6.07 Å². The van der Waals surface area contributed by atoms with Gasteiger partial charge < -0.3 is 5.11 Å². The summed E-state index contributed by atoms with van der Waals surface area (Å²) in [5.74, 6) is 4.80. The van der Waals surface area contributed by atoms with Crippen LogP contribution in [0, 0.1) is 17.7 Å². The number of hydrogen-bond donors (Lipinski definition) is 1. The summed E-state index contributed by atoms with van der Waals surface area (Å²) in [6.07, 6.45) is 0.328. The molecular formula is C10H7BrClFO. The maximum atomic E-state index is 13.3. The summed E-state index contributed by atoms with van der Waals surface area (Å²) in [6, 6.07) is 2.78. The third kappa shape index (κ3) is 2.98. The third-order valence-corrected chi connectivity index (χ3v) is 2.30. The molecular weight excluding hydrogens is 270 g/mol. The molecule has 1 nitrogen and oxygen atoms in total. The zero-order chi connectivity index (χ0) is 10.6. The van der Waals surface area contributed by atoms with Crippen LogP contribution < -0.4 is 0 Å². The van der Waals surface area contributed by atoms with E-state index >= 15 is 0 Å². The molecule has 0 heterocycles. The van der Waals surface area contributed by atoms with Gasteiger partial charge in [0.25, 0.3) is 0 Å². The summed E-state index contributed by atoms with van der Waals surface area (Å²) in [4.78, 5) is 0. The van der Waals surface area contributed by atoms with E-state index in [0.717, 1.165) is 0 Å². The molecule has 0 spiro atoms. The minimum Gasteiger partial charge on any atom is -0.395 e. The molecule has 0 saturated heterocycles. The van der Waals surface area contributed by atoms with Crippen LogP contribution in [0.1, 0.15) is 12.0 Å². The summed E-state index contributed by atoms with van der Waals surface area (Å²) >= 11 is 8.79. The van der Waals surface area contributed by atoms with Gasteiger partial charge in [0.05, 0.1) is 12.2 Å². The van der Waals surface area contributed by atoms with Gasteiger partial charge in [-0.15, -0.1) is 0 Å². The van der Waals surface area contributed by atoms with Crippen LogP contribution in [0.15, 0.2) is 16.6 Å². The molecule has 0 amide bonds. The Morgan fingerprint density at radius 1 is 1.50 bits per heavy atom. The Kier molecular flexibility index (Phi) is 4.40. The summed E-state index contributed by atoms with van der Waals surface area (Å²) in [5.41, 5.74) is 0.267. The van der Waals surface area contributed by atoms with Crippen LogP contribution in [-0.4, -0.2) is 11.7 Å². The predicted molar refractivity (Wildman–Crippen MR) is 57.7 cm³/mol. The lowest BCUT2D eigenvalue weighted by Crippen LogP contribution is -1.86. The van der Waals surface area contributed by atoms with E-state index in [-0.39, 0.29) is 12.2 Å². The van der Waals surface area contributed by atoms with Gasteiger partial charge in [0.2, 0.25) is 0 Å². The largest absolute Gasteiger partial charge is 0.395 e. The fourth-order valence-electron chi connectivity index (χ4n) is 0.868. The average Bonchev–Trinajstić information content (AvgIpc) is 2.09. The molecule has 0 unspecified atom stereocenters. The average molecular weight is 278 g/mol. The minimum absolute atomic E-state index is 0.0279.